The van der Waals surface area contributed by atoms with Gasteiger partial charge in [0, 0.05) is 13.1 Å². The van der Waals surface area contributed by atoms with Crippen molar-refractivity contribution >= 4 is 5.91 Å². The third-order valence-corrected chi connectivity index (χ3v) is 5.06. The number of hydrogen-bond acceptors (Lipinski definition) is 4. The molecule has 0 saturated carbocycles. The van der Waals surface area contributed by atoms with Crippen LogP contribution in [0, 0.1) is 0 Å². The minimum atomic E-state index is -0.604. The fourth-order valence-corrected chi connectivity index (χ4v) is 3.51. The lowest BCUT2D eigenvalue weighted by Crippen LogP contribution is -2.36. The second-order valence-corrected chi connectivity index (χ2v) is 7.29. The molecule has 1 saturated heterocycles. The summed E-state index contributed by atoms with van der Waals surface area (Å²) in [5, 5.41) is 2.97. The fraction of sp³-hybridized carbons (Fsp3) is 0.435. The Labute approximate surface area is 167 Å². The molecule has 2 aromatic rings. The van der Waals surface area contributed by atoms with Gasteiger partial charge in [-0.25, -0.2) is 0 Å². The number of nitrogens with one attached hydrogen (secondary N) is 1. The fourth-order valence-electron chi connectivity index (χ4n) is 3.51. The highest BCUT2D eigenvalue weighted by atomic mass is 16.5. The first-order valence-electron chi connectivity index (χ1n) is 10.0. The van der Waals surface area contributed by atoms with Gasteiger partial charge in [-0.1, -0.05) is 42.8 Å². The Morgan fingerprint density at radius 1 is 1.04 bits per heavy atom. The number of para-hydroxylation sites is 2. The van der Waals surface area contributed by atoms with E-state index in [9.17, 15) is 4.79 Å². The molecule has 150 valence electrons. The first-order chi connectivity index (χ1) is 13.7. The van der Waals surface area contributed by atoms with Gasteiger partial charge in [0.15, 0.2) is 17.6 Å². The minimum Gasteiger partial charge on any atom is -0.493 e. The smallest absolute Gasteiger partial charge is 0.261 e. The second kappa shape index (κ2) is 10.1. The summed E-state index contributed by atoms with van der Waals surface area (Å²) in [4.78, 5) is 14.9. The molecule has 0 aliphatic carbocycles. The van der Waals surface area contributed by atoms with E-state index in [1.54, 1.807) is 20.1 Å². The van der Waals surface area contributed by atoms with Crippen LogP contribution in [0.4, 0.5) is 0 Å². The Bertz CT molecular complexity index is 772. The van der Waals surface area contributed by atoms with Crippen LogP contribution in [0.2, 0.25) is 0 Å². The molecule has 3 rings (SSSR count). The third kappa shape index (κ3) is 5.73. The van der Waals surface area contributed by atoms with Gasteiger partial charge < -0.3 is 14.8 Å². The monoisotopic (exact) mass is 382 g/mol. The molecular weight excluding hydrogens is 352 g/mol. The van der Waals surface area contributed by atoms with Crippen LogP contribution in [-0.4, -0.2) is 37.1 Å². The van der Waals surface area contributed by atoms with Gasteiger partial charge in [0.25, 0.3) is 5.91 Å². The SMILES string of the molecule is COc1ccccc1O[C@H](C)C(=O)NCc1cccc(CN2CCCCC2)c1. The molecule has 0 aromatic heterocycles. The van der Waals surface area contributed by atoms with Crippen molar-refractivity contribution in [3.63, 3.8) is 0 Å². The maximum absolute atomic E-state index is 12.4. The highest BCUT2D eigenvalue weighted by Crippen LogP contribution is 2.26. The van der Waals surface area contributed by atoms with E-state index in [4.69, 9.17) is 9.47 Å². The molecule has 1 amide bonds. The lowest BCUT2D eigenvalue weighted by Gasteiger charge is -2.26. The lowest BCUT2D eigenvalue weighted by atomic mass is 10.1. The van der Waals surface area contributed by atoms with Crippen LogP contribution < -0.4 is 14.8 Å². The predicted octanol–water partition coefficient (Wildman–Crippen LogP) is 3.76. The molecule has 5 heteroatoms. The minimum absolute atomic E-state index is 0.146. The molecular formula is C23H30N2O3. The van der Waals surface area contributed by atoms with Gasteiger partial charge >= 0.3 is 0 Å². The van der Waals surface area contributed by atoms with Crippen LogP contribution in [0.15, 0.2) is 48.5 Å². The van der Waals surface area contributed by atoms with E-state index in [-0.39, 0.29) is 5.91 Å². The van der Waals surface area contributed by atoms with E-state index in [1.165, 1.54) is 37.9 Å². The Morgan fingerprint density at radius 2 is 1.75 bits per heavy atom. The number of hydrogen-bond donors (Lipinski definition) is 1. The van der Waals surface area contributed by atoms with Crippen LogP contribution in [0.3, 0.4) is 0 Å². The normalized spacial score (nSPS) is 15.6. The highest BCUT2D eigenvalue weighted by molar-refractivity contribution is 5.80. The summed E-state index contributed by atoms with van der Waals surface area (Å²) in [6, 6.07) is 15.8. The summed E-state index contributed by atoms with van der Waals surface area (Å²) in [6.45, 7) is 5.58. The van der Waals surface area contributed by atoms with E-state index in [1.807, 2.05) is 24.3 Å². The zero-order chi connectivity index (χ0) is 19.8. The first-order valence-corrected chi connectivity index (χ1v) is 10.0. The maximum Gasteiger partial charge on any atom is 0.261 e. The number of benzene rings is 2. The zero-order valence-electron chi connectivity index (χ0n) is 16.8. The van der Waals surface area contributed by atoms with Gasteiger partial charge in [-0.2, -0.15) is 0 Å². The second-order valence-electron chi connectivity index (χ2n) is 7.29. The van der Waals surface area contributed by atoms with Crippen LogP contribution in [-0.2, 0) is 17.9 Å². The van der Waals surface area contributed by atoms with E-state index in [0.29, 0.717) is 18.0 Å². The van der Waals surface area contributed by atoms with Crippen molar-refractivity contribution in [2.45, 2.75) is 45.4 Å². The topological polar surface area (TPSA) is 50.8 Å². The summed E-state index contributed by atoms with van der Waals surface area (Å²) in [5.41, 5.74) is 2.40. The van der Waals surface area contributed by atoms with Gasteiger partial charge in [-0.15, -0.1) is 0 Å². The third-order valence-electron chi connectivity index (χ3n) is 5.06. The van der Waals surface area contributed by atoms with Crippen LogP contribution in [0.1, 0.15) is 37.3 Å². The predicted molar refractivity (Wildman–Crippen MR) is 111 cm³/mol. The lowest BCUT2D eigenvalue weighted by molar-refractivity contribution is -0.127. The number of amides is 1. The van der Waals surface area contributed by atoms with E-state index >= 15 is 0 Å². The number of methoxy groups -OCH3 is 1. The maximum atomic E-state index is 12.4. The molecule has 5 nitrogen and oxygen atoms in total. The van der Waals surface area contributed by atoms with Crippen LogP contribution >= 0.6 is 0 Å². The molecule has 1 aliphatic rings. The van der Waals surface area contributed by atoms with Crippen molar-refractivity contribution in [2.24, 2.45) is 0 Å². The molecule has 1 atom stereocenters. The first kappa shape index (κ1) is 20.2. The van der Waals surface area contributed by atoms with Crippen molar-refractivity contribution in [2.75, 3.05) is 20.2 Å². The Balaban J connectivity index is 1.51. The number of nitrogens with zero attached hydrogens (tertiary/aromatic N) is 1. The Kier molecular flexibility index (Phi) is 7.31. The van der Waals surface area contributed by atoms with Crippen LogP contribution in [0.5, 0.6) is 11.5 Å². The molecule has 0 unspecified atom stereocenters. The largest absolute Gasteiger partial charge is 0.493 e. The van der Waals surface area contributed by atoms with Gasteiger partial charge in [0.05, 0.1) is 7.11 Å². The number of rotatable bonds is 8. The molecule has 0 spiro atoms. The van der Waals surface area contributed by atoms with Crippen molar-refractivity contribution in [3.05, 3.63) is 59.7 Å². The van der Waals surface area contributed by atoms with Crippen molar-refractivity contribution in [1.82, 2.24) is 10.2 Å². The summed E-state index contributed by atoms with van der Waals surface area (Å²) in [6.07, 6.45) is 3.32. The number of likely N-dealkylation sites (tertiary alicyclic amines) is 1. The molecule has 1 fully saturated rings. The molecule has 28 heavy (non-hydrogen) atoms. The molecule has 1 N–H and O–H groups in total. The van der Waals surface area contributed by atoms with E-state index in [0.717, 1.165) is 12.1 Å². The molecule has 1 heterocycles. The summed E-state index contributed by atoms with van der Waals surface area (Å²) in [7, 11) is 1.59. The van der Waals surface area contributed by atoms with Crippen molar-refractivity contribution < 1.29 is 14.3 Å². The molecule has 2 aromatic carbocycles. The number of carbonyl (C=O) groups excluding carboxylic acids is 1. The standard InChI is InChI=1S/C23H30N2O3/c1-18(28-22-12-5-4-11-21(22)27-2)23(26)24-16-19-9-8-10-20(15-19)17-25-13-6-3-7-14-25/h4-5,8-12,15,18H,3,6-7,13-14,16-17H2,1-2H3,(H,24,26)/t18-/m1/s1. The van der Waals surface area contributed by atoms with Gasteiger partial charge in [0.1, 0.15) is 0 Å². The molecule has 0 radical (unpaired) electrons. The Morgan fingerprint density at radius 3 is 2.50 bits per heavy atom. The molecule has 0 bridgehead atoms. The number of ether oxygens (including phenoxy) is 2. The van der Waals surface area contributed by atoms with Crippen molar-refractivity contribution in [3.8, 4) is 11.5 Å². The highest BCUT2D eigenvalue weighted by Gasteiger charge is 2.16. The number of carbonyl (C=O) groups is 1. The van der Waals surface area contributed by atoms with E-state index < -0.39 is 6.10 Å². The van der Waals surface area contributed by atoms with Crippen molar-refractivity contribution in [1.29, 1.82) is 0 Å². The van der Waals surface area contributed by atoms with Gasteiger partial charge in [-0.3, -0.25) is 9.69 Å². The quantitative estimate of drug-likeness (QED) is 0.755. The summed E-state index contributed by atoms with van der Waals surface area (Å²) >= 11 is 0. The van der Waals surface area contributed by atoms with Gasteiger partial charge in [0.2, 0.25) is 0 Å². The van der Waals surface area contributed by atoms with Crippen LogP contribution in [0.25, 0.3) is 0 Å². The summed E-state index contributed by atoms with van der Waals surface area (Å²) < 4.78 is 11.0. The number of piperidine rings is 1. The average molecular weight is 383 g/mol. The van der Waals surface area contributed by atoms with Gasteiger partial charge in [-0.05, 0) is 56.1 Å². The Hall–Kier alpha value is -2.53. The zero-order valence-corrected chi connectivity index (χ0v) is 16.8. The average Bonchev–Trinajstić information content (AvgIpc) is 2.73. The summed E-state index contributed by atoms with van der Waals surface area (Å²) in [5.74, 6) is 1.04. The molecule has 1 aliphatic heterocycles. The van der Waals surface area contributed by atoms with E-state index in [2.05, 4.69) is 28.4 Å².